The van der Waals surface area contributed by atoms with Crippen molar-refractivity contribution < 1.29 is 55.1 Å². The number of aliphatic hydroxyl groups is 8. The van der Waals surface area contributed by atoms with Crippen molar-refractivity contribution in [1.29, 1.82) is 0 Å². The molecule has 2 heterocycles. The minimum Gasteiger partial charge on any atom is -0.395 e. The summed E-state index contributed by atoms with van der Waals surface area (Å²) in [6.45, 7) is -0.697. The molecule has 0 aliphatic carbocycles. The van der Waals surface area contributed by atoms with E-state index in [2.05, 4.69) is 5.32 Å². The lowest BCUT2D eigenvalue weighted by Gasteiger charge is -2.39. The Kier molecular flexibility index (Phi) is 14.2. The largest absolute Gasteiger partial charge is 0.395 e. The summed E-state index contributed by atoms with van der Waals surface area (Å²) < 4.78 is 10.6. The van der Waals surface area contributed by atoms with Crippen molar-refractivity contribution >= 4 is 5.78 Å². The monoisotopic (exact) mass is 523 g/mol. The highest BCUT2D eigenvalue weighted by Crippen LogP contribution is 2.23. The van der Waals surface area contributed by atoms with Crippen molar-refractivity contribution in [1.82, 2.24) is 5.32 Å². The number of hydrogen-bond acceptors (Lipinski definition) is 12. The number of rotatable bonds is 17. The van der Waals surface area contributed by atoms with E-state index in [9.17, 15) is 45.6 Å². The Hall–Kier alpha value is -0.770. The SMILES string of the molecule is O=C(CCCCCCCC[C@@H](O)[C@H]1N[C@H](CO)[C@@H](O)[C@@H]1O)CCCO[C@@H]1O[C@H](CO)[C@@H](O)[C@H](O)[C@H]1O. The first-order chi connectivity index (χ1) is 17.2. The highest BCUT2D eigenvalue weighted by atomic mass is 16.7. The van der Waals surface area contributed by atoms with Crippen molar-refractivity contribution in [3.63, 3.8) is 0 Å². The molecule has 0 spiro atoms. The fraction of sp³-hybridized carbons (Fsp3) is 0.958. The van der Waals surface area contributed by atoms with Gasteiger partial charge in [-0.05, 0) is 19.3 Å². The van der Waals surface area contributed by atoms with Gasteiger partial charge in [0.15, 0.2) is 6.29 Å². The first-order valence-corrected chi connectivity index (χ1v) is 13.1. The summed E-state index contributed by atoms with van der Waals surface area (Å²) in [5.41, 5.74) is 0. The van der Waals surface area contributed by atoms with Crippen LogP contribution in [0.15, 0.2) is 0 Å². The van der Waals surface area contributed by atoms with E-state index < -0.39 is 67.7 Å². The molecule has 0 aromatic heterocycles. The van der Waals surface area contributed by atoms with E-state index in [0.717, 1.165) is 38.5 Å². The lowest BCUT2D eigenvalue weighted by atomic mass is 9.98. The number of hydrogen-bond donors (Lipinski definition) is 9. The molecular weight excluding hydrogens is 478 g/mol. The molecule has 0 saturated carbocycles. The third-order valence-electron chi connectivity index (χ3n) is 7.08. The number of unbranched alkanes of at least 4 members (excludes halogenated alkanes) is 5. The molecule has 36 heavy (non-hydrogen) atoms. The van der Waals surface area contributed by atoms with Gasteiger partial charge in [-0.3, -0.25) is 4.79 Å². The van der Waals surface area contributed by atoms with Crippen molar-refractivity contribution in [2.45, 2.75) is 125 Å². The Morgan fingerprint density at radius 1 is 0.778 bits per heavy atom. The summed E-state index contributed by atoms with van der Waals surface area (Å²) in [5, 5.41) is 80.7. The molecule has 12 heteroatoms. The van der Waals surface area contributed by atoms with E-state index in [1.54, 1.807) is 0 Å². The van der Waals surface area contributed by atoms with Crippen molar-refractivity contribution in [2.24, 2.45) is 0 Å². The Balaban J connectivity index is 1.45. The minimum absolute atomic E-state index is 0.113. The zero-order valence-corrected chi connectivity index (χ0v) is 20.8. The summed E-state index contributed by atoms with van der Waals surface area (Å²) in [5.74, 6) is 0.113. The molecule has 9 N–H and O–H groups in total. The molecule has 2 fully saturated rings. The van der Waals surface area contributed by atoms with Gasteiger partial charge in [0.1, 0.15) is 30.2 Å². The second kappa shape index (κ2) is 16.2. The normalized spacial score (nSPS) is 35.7. The number of aliphatic hydroxyl groups excluding tert-OH is 8. The molecule has 12 nitrogen and oxygen atoms in total. The smallest absolute Gasteiger partial charge is 0.186 e. The first-order valence-electron chi connectivity index (χ1n) is 13.1. The maximum Gasteiger partial charge on any atom is 0.186 e. The molecule has 0 aromatic rings. The number of nitrogens with one attached hydrogen (secondary N) is 1. The van der Waals surface area contributed by atoms with Gasteiger partial charge in [-0.15, -0.1) is 0 Å². The number of Topliss-reactive ketones (excluding diaryl/α,β-unsaturated/α-hetero) is 1. The van der Waals surface area contributed by atoms with E-state index in [4.69, 9.17) is 9.47 Å². The van der Waals surface area contributed by atoms with E-state index in [0.29, 0.717) is 25.7 Å². The molecule has 0 amide bonds. The second-order valence-corrected chi connectivity index (χ2v) is 9.90. The summed E-state index contributed by atoms with van der Waals surface area (Å²) in [6, 6.07) is -1.27. The van der Waals surface area contributed by atoms with Gasteiger partial charge in [0.25, 0.3) is 0 Å². The van der Waals surface area contributed by atoms with Crippen LogP contribution in [0.2, 0.25) is 0 Å². The molecule has 0 unspecified atom stereocenters. The Labute approximate surface area is 211 Å². The van der Waals surface area contributed by atoms with E-state index in [-0.39, 0.29) is 19.0 Å². The van der Waals surface area contributed by atoms with Gasteiger partial charge in [0.05, 0.1) is 50.2 Å². The average Bonchev–Trinajstić information content (AvgIpc) is 3.16. The summed E-state index contributed by atoms with van der Waals surface area (Å²) in [7, 11) is 0. The Bertz CT molecular complexity index is 625. The summed E-state index contributed by atoms with van der Waals surface area (Å²) >= 11 is 0. The third-order valence-corrected chi connectivity index (χ3v) is 7.08. The molecule has 0 bridgehead atoms. The number of carbonyl (C=O) groups is 1. The fourth-order valence-corrected chi connectivity index (χ4v) is 4.76. The van der Waals surface area contributed by atoms with Crippen LogP contribution in [0.1, 0.15) is 64.2 Å². The van der Waals surface area contributed by atoms with Crippen LogP contribution in [0.3, 0.4) is 0 Å². The van der Waals surface area contributed by atoms with Crippen LogP contribution in [0.5, 0.6) is 0 Å². The standard InChI is InChI=1S/C24H45NO11/c26-12-15-19(30)21(32)18(25-15)16(29)10-6-4-2-1-3-5-8-14(28)9-7-11-35-24-23(34)22(33)20(31)17(13-27)36-24/h15-27,29-34H,1-13H2/t15-,16-,17-,18-,19-,20-,21-,22+,23-,24-/m1/s1. The van der Waals surface area contributed by atoms with Gasteiger partial charge in [0.2, 0.25) is 0 Å². The molecule has 212 valence electrons. The molecule has 2 aliphatic heterocycles. The van der Waals surface area contributed by atoms with Crippen LogP contribution in [-0.4, -0.2) is 128 Å². The predicted octanol–water partition coefficient (Wildman–Crippen LogP) is -2.31. The second-order valence-electron chi connectivity index (χ2n) is 9.90. The van der Waals surface area contributed by atoms with Gasteiger partial charge in [-0.1, -0.05) is 32.1 Å². The van der Waals surface area contributed by atoms with Crippen LogP contribution in [0.4, 0.5) is 0 Å². The van der Waals surface area contributed by atoms with Crippen molar-refractivity contribution in [3.8, 4) is 0 Å². The van der Waals surface area contributed by atoms with Crippen LogP contribution in [-0.2, 0) is 14.3 Å². The summed E-state index contributed by atoms with van der Waals surface area (Å²) in [4.78, 5) is 12.1. The van der Waals surface area contributed by atoms with E-state index >= 15 is 0 Å². The topological polar surface area (TPSA) is 209 Å². The maximum absolute atomic E-state index is 12.1. The van der Waals surface area contributed by atoms with Crippen molar-refractivity contribution in [2.75, 3.05) is 19.8 Å². The van der Waals surface area contributed by atoms with Crippen LogP contribution in [0, 0.1) is 0 Å². The molecule has 10 atom stereocenters. The molecule has 0 aromatic carbocycles. The van der Waals surface area contributed by atoms with Crippen LogP contribution >= 0.6 is 0 Å². The van der Waals surface area contributed by atoms with Gasteiger partial charge in [-0.25, -0.2) is 0 Å². The highest BCUT2D eigenvalue weighted by molar-refractivity contribution is 5.78. The number of ether oxygens (including phenoxy) is 2. The van der Waals surface area contributed by atoms with Crippen LogP contribution < -0.4 is 5.32 Å². The van der Waals surface area contributed by atoms with Gasteiger partial charge in [0, 0.05) is 12.8 Å². The highest BCUT2D eigenvalue weighted by Gasteiger charge is 2.44. The summed E-state index contributed by atoms with van der Waals surface area (Å²) in [6.07, 6.45) is -2.52. The number of carbonyl (C=O) groups excluding carboxylic acids is 1. The Morgan fingerprint density at radius 3 is 2.06 bits per heavy atom. The van der Waals surface area contributed by atoms with Crippen LogP contribution in [0.25, 0.3) is 0 Å². The third kappa shape index (κ3) is 9.21. The number of ketones is 1. The predicted molar refractivity (Wildman–Crippen MR) is 127 cm³/mol. The zero-order chi connectivity index (χ0) is 26.7. The zero-order valence-electron chi connectivity index (χ0n) is 20.8. The molecule has 0 radical (unpaired) electrons. The quantitative estimate of drug-likeness (QED) is 0.0921. The molecule has 2 aliphatic rings. The van der Waals surface area contributed by atoms with Gasteiger partial charge in [-0.2, -0.15) is 0 Å². The maximum atomic E-state index is 12.1. The molecular formula is C24H45NO11. The Morgan fingerprint density at radius 2 is 1.42 bits per heavy atom. The first kappa shape index (κ1) is 31.4. The van der Waals surface area contributed by atoms with E-state index in [1.807, 2.05) is 0 Å². The lowest BCUT2D eigenvalue weighted by molar-refractivity contribution is -0.301. The van der Waals surface area contributed by atoms with Gasteiger partial charge >= 0.3 is 0 Å². The molecule has 2 saturated heterocycles. The fourth-order valence-electron chi connectivity index (χ4n) is 4.76. The van der Waals surface area contributed by atoms with Gasteiger partial charge < -0.3 is 55.6 Å². The van der Waals surface area contributed by atoms with E-state index in [1.165, 1.54) is 0 Å². The lowest BCUT2D eigenvalue weighted by Crippen LogP contribution is -2.59. The average molecular weight is 524 g/mol. The molecule has 2 rings (SSSR count). The minimum atomic E-state index is -1.49. The van der Waals surface area contributed by atoms with Crippen molar-refractivity contribution in [3.05, 3.63) is 0 Å².